The summed E-state index contributed by atoms with van der Waals surface area (Å²) >= 11 is 8.23. The van der Waals surface area contributed by atoms with Crippen LogP contribution in [0.4, 0.5) is 0 Å². The van der Waals surface area contributed by atoms with Crippen LogP contribution in [-0.2, 0) is 0 Å². The van der Waals surface area contributed by atoms with Gasteiger partial charge >= 0.3 is 0 Å². The van der Waals surface area contributed by atoms with Crippen LogP contribution >= 0.6 is 60.7 Å². The van der Waals surface area contributed by atoms with Gasteiger partial charge in [0, 0.05) is 50.4 Å². The van der Waals surface area contributed by atoms with Crippen molar-refractivity contribution in [2.45, 2.75) is 0 Å². The van der Waals surface area contributed by atoms with Crippen LogP contribution in [0.25, 0.3) is 0 Å². The molecule has 0 bridgehead atoms. The number of amidine groups is 4. The number of hydrogen-bond acceptors (Lipinski definition) is 12. The van der Waals surface area contributed by atoms with E-state index in [1.807, 2.05) is 79.2 Å². The summed E-state index contributed by atoms with van der Waals surface area (Å²) in [4.78, 5) is 0. The zero-order valence-electron chi connectivity index (χ0n) is 27.5. The van der Waals surface area contributed by atoms with Gasteiger partial charge in [-0.3, -0.25) is 0 Å². The van der Waals surface area contributed by atoms with E-state index in [0.29, 0.717) is 5.84 Å². The van der Waals surface area contributed by atoms with Gasteiger partial charge in [-0.1, -0.05) is 121 Å². The fraction of sp³-hybridized carbons (Fsp3) is 0.125. The number of nitrogens with zero attached hydrogens (tertiary/aromatic N) is 12. The quantitative estimate of drug-likeness (QED) is 0.171. The molecule has 4 heterocycles. The van der Waals surface area contributed by atoms with E-state index in [1.54, 1.807) is 0 Å². The van der Waals surface area contributed by atoms with Crippen molar-refractivity contribution in [2.75, 3.05) is 28.2 Å². The molecule has 0 N–H and O–H groups in total. The van der Waals surface area contributed by atoms with Crippen molar-refractivity contribution in [3.63, 3.8) is 0 Å². The second-order valence-electron chi connectivity index (χ2n) is 11.4. The Balaban J connectivity index is 1.41. The molecule has 0 aromatic heterocycles. The topological polar surface area (TPSA) is 84.5 Å². The van der Waals surface area contributed by atoms with Crippen molar-refractivity contribution in [3.8, 4) is 0 Å². The van der Waals surface area contributed by atoms with E-state index in [1.165, 1.54) is 0 Å². The minimum Gasteiger partial charge on any atom is -0.247 e. The Morgan fingerprint density at radius 2 is 0.900 bits per heavy atom. The third kappa shape index (κ3) is 5.56. The fourth-order valence-electron chi connectivity index (χ4n) is 5.87. The first kappa shape index (κ1) is 33.8. The minimum atomic E-state index is -3.14. The summed E-state index contributed by atoms with van der Waals surface area (Å²) in [6, 6.07) is 41.2. The van der Waals surface area contributed by atoms with E-state index in [-0.39, 0.29) is 0 Å². The van der Waals surface area contributed by atoms with Crippen molar-refractivity contribution in [3.05, 3.63) is 144 Å². The largest absolute Gasteiger partial charge is 0.280 e. The average molecular weight is 868 g/mol. The molecule has 4 atom stereocenters. The highest BCUT2D eigenvalue weighted by Gasteiger charge is 2.60. The summed E-state index contributed by atoms with van der Waals surface area (Å²) in [5.74, 6) is 3.15. The van der Waals surface area contributed by atoms with Crippen LogP contribution in [0, 0.1) is 0 Å². The lowest BCUT2D eigenvalue weighted by molar-refractivity contribution is 0.548. The molecule has 0 spiro atoms. The predicted molar refractivity (Wildman–Crippen MR) is 216 cm³/mol. The molecule has 4 aromatic carbocycles. The summed E-state index contributed by atoms with van der Waals surface area (Å²) in [6.45, 7) is -2.30. The Hall–Kier alpha value is -3.36. The smallest absolute Gasteiger partial charge is 0.247 e. The van der Waals surface area contributed by atoms with Gasteiger partial charge in [0.15, 0.2) is 37.2 Å². The molecule has 0 saturated heterocycles. The maximum Gasteiger partial charge on any atom is 0.280 e. The van der Waals surface area contributed by atoms with Crippen LogP contribution < -0.4 is 0 Å². The number of hydrazone groups is 4. The molecule has 254 valence electrons. The van der Waals surface area contributed by atoms with Gasteiger partial charge in [0.2, 0.25) is 8.37 Å². The standard InChI is InChI=1S/C32H32Br2N12P4/c1-40-36-30(26-19-11-6-12-20-26)44(47(40)33)49-42(3)38-32(28-23-15-8-16-24-28)46(49)50(39-29(35-43(50)4)25-17-9-5-10-18-25)45-31(37-41(2)48(45)34)27-21-13-7-14-22-27/h5-24H,1-4H3. The maximum absolute atomic E-state index is 5.81. The van der Waals surface area contributed by atoms with Crippen LogP contribution in [0.3, 0.4) is 0 Å². The van der Waals surface area contributed by atoms with Crippen molar-refractivity contribution < 1.29 is 0 Å². The van der Waals surface area contributed by atoms with Gasteiger partial charge in [-0.2, -0.15) is 20.0 Å². The van der Waals surface area contributed by atoms with E-state index >= 15 is 0 Å². The second kappa shape index (κ2) is 13.6. The predicted octanol–water partition coefficient (Wildman–Crippen LogP) is 9.54. The van der Waals surface area contributed by atoms with Crippen molar-refractivity contribution in [1.82, 2.24) is 32.4 Å². The van der Waals surface area contributed by atoms with E-state index < -0.39 is 29.7 Å². The number of hydrogen-bond donors (Lipinski definition) is 0. The number of halogens is 2. The molecule has 18 heteroatoms. The third-order valence-electron chi connectivity index (χ3n) is 8.17. The first-order valence-electron chi connectivity index (χ1n) is 15.6. The molecule has 0 amide bonds. The zero-order chi connectivity index (χ0) is 34.6. The highest BCUT2D eigenvalue weighted by Crippen LogP contribution is 2.83. The van der Waals surface area contributed by atoms with Gasteiger partial charge in [-0.15, -0.1) is 5.10 Å². The molecule has 4 aromatic rings. The molecule has 4 aliphatic rings. The highest BCUT2D eigenvalue weighted by atomic mass is 79.9. The van der Waals surface area contributed by atoms with Gasteiger partial charge in [0.1, 0.15) is 0 Å². The Bertz CT molecular complexity index is 2070. The Kier molecular flexibility index (Phi) is 9.21. The first-order chi connectivity index (χ1) is 24.3. The van der Waals surface area contributed by atoms with Gasteiger partial charge in [-0.05, 0) is 31.0 Å². The SMILES string of the molecule is CN1N=C(c2ccccc2)N(P2N(C)N=C(c3ccccc3)N2P2(N3C(c4ccccc4)=NN(C)P3Br)=NC(c3ccccc3)=NN2C)P1Br. The minimum absolute atomic E-state index is 0.660. The van der Waals surface area contributed by atoms with Crippen molar-refractivity contribution in [2.24, 2.45) is 25.2 Å². The lowest BCUT2D eigenvalue weighted by atomic mass is 10.2. The van der Waals surface area contributed by atoms with Crippen LogP contribution in [0.5, 0.6) is 0 Å². The summed E-state index contributed by atoms with van der Waals surface area (Å²) < 4.78 is 21.2. The molecule has 0 aliphatic carbocycles. The van der Waals surface area contributed by atoms with E-state index in [9.17, 15) is 0 Å². The van der Waals surface area contributed by atoms with Crippen LogP contribution in [0.15, 0.2) is 146 Å². The second-order valence-corrected chi connectivity index (χ2v) is 23.6. The molecule has 4 aliphatic heterocycles. The molecular weight excluding hydrogens is 836 g/mol. The Morgan fingerprint density at radius 3 is 1.44 bits per heavy atom. The van der Waals surface area contributed by atoms with Gasteiger partial charge in [0.05, 0.1) is 0 Å². The Morgan fingerprint density at radius 1 is 0.480 bits per heavy atom. The summed E-state index contributed by atoms with van der Waals surface area (Å²) in [5.41, 5.74) is 3.93. The zero-order valence-corrected chi connectivity index (χ0v) is 34.2. The summed E-state index contributed by atoms with van der Waals surface area (Å²) in [7, 11) is 3.52. The van der Waals surface area contributed by atoms with E-state index in [4.69, 9.17) is 25.2 Å². The molecule has 0 saturated carbocycles. The van der Waals surface area contributed by atoms with Crippen molar-refractivity contribution in [1.29, 1.82) is 0 Å². The normalized spacial score (nSPS) is 24.8. The highest BCUT2D eigenvalue weighted by molar-refractivity contribution is 9.39. The monoisotopic (exact) mass is 866 g/mol. The van der Waals surface area contributed by atoms with Crippen LogP contribution in [0.1, 0.15) is 22.3 Å². The molecule has 4 unspecified atom stereocenters. The molecule has 0 radical (unpaired) electrons. The van der Waals surface area contributed by atoms with Gasteiger partial charge in [-0.25, -0.2) is 32.4 Å². The van der Waals surface area contributed by atoms with Crippen molar-refractivity contribution >= 4 is 84.1 Å². The number of benzene rings is 4. The molecule has 12 nitrogen and oxygen atoms in total. The molecule has 50 heavy (non-hydrogen) atoms. The fourth-order valence-corrected chi connectivity index (χ4v) is 21.2. The first-order valence-corrected chi connectivity index (χ1v) is 24.9. The number of rotatable bonds is 7. The van der Waals surface area contributed by atoms with E-state index in [0.717, 1.165) is 39.8 Å². The Labute approximate surface area is 311 Å². The molecule has 8 rings (SSSR count). The van der Waals surface area contributed by atoms with E-state index in [2.05, 4.69) is 134 Å². The van der Waals surface area contributed by atoms with Gasteiger partial charge < -0.3 is 0 Å². The summed E-state index contributed by atoms with van der Waals surface area (Å²) in [6.07, 6.45) is 0. The average Bonchev–Trinajstić information content (AvgIpc) is 3.86. The van der Waals surface area contributed by atoms with Crippen LogP contribution in [0.2, 0.25) is 0 Å². The molecular formula is C32H32Br2N12P4. The van der Waals surface area contributed by atoms with Crippen LogP contribution in [-0.4, -0.2) is 84.0 Å². The lowest BCUT2D eigenvalue weighted by Gasteiger charge is -2.48. The lowest BCUT2D eigenvalue weighted by Crippen LogP contribution is -2.39. The maximum atomic E-state index is 5.81. The molecule has 0 fully saturated rings. The van der Waals surface area contributed by atoms with Gasteiger partial charge in [0.25, 0.3) is 7.51 Å². The summed E-state index contributed by atoms with van der Waals surface area (Å²) in [5, 5.41) is 20.9. The third-order valence-corrected chi connectivity index (χ3v) is 24.2.